The summed E-state index contributed by atoms with van der Waals surface area (Å²) in [6.45, 7) is 0.387. The number of nitrogens with one attached hydrogen (secondary N) is 2. The minimum atomic E-state index is -0.339. The molecule has 0 unspecified atom stereocenters. The minimum absolute atomic E-state index is 0.0952. The summed E-state index contributed by atoms with van der Waals surface area (Å²) in [5.41, 5.74) is 1.49. The Morgan fingerprint density at radius 1 is 1.18 bits per heavy atom. The summed E-state index contributed by atoms with van der Waals surface area (Å²) in [6.07, 6.45) is 5.22. The van der Waals surface area contributed by atoms with Gasteiger partial charge in [0.05, 0.1) is 6.07 Å². The van der Waals surface area contributed by atoms with Gasteiger partial charge in [-0.2, -0.15) is 5.26 Å². The van der Waals surface area contributed by atoms with Gasteiger partial charge in [-0.15, -0.1) is 0 Å². The van der Waals surface area contributed by atoms with E-state index in [9.17, 15) is 9.59 Å². The van der Waals surface area contributed by atoms with Gasteiger partial charge in [0.25, 0.3) is 0 Å². The van der Waals surface area contributed by atoms with Gasteiger partial charge < -0.3 is 10.6 Å². The predicted octanol–water partition coefficient (Wildman–Crippen LogP) is 2.74. The Labute approximate surface area is 130 Å². The van der Waals surface area contributed by atoms with Crippen molar-refractivity contribution in [3.8, 4) is 6.07 Å². The number of amides is 2. The van der Waals surface area contributed by atoms with Crippen molar-refractivity contribution < 1.29 is 9.59 Å². The van der Waals surface area contributed by atoms with E-state index in [0.29, 0.717) is 12.2 Å². The van der Waals surface area contributed by atoms with Crippen molar-refractivity contribution in [1.82, 2.24) is 5.32 Å². The highest BCUT2D eigenvalue weighted by atomic mass is 16.2. The van der Waals surface area contributed by atoms with E-state index in [1.165, 1.54) is 6.42 Å². The third-order valence-corrected chi connectivity index (χ3v) is 3.96. The third-order valence-electron chi connectivity index (χ3n) is 3.96. The Bertz CT molecular complexity index is 572. The van der Waals surface area contributed by atoms with Crippen molar-refractivity contribution in [2.24, 2.45) is 5.92 Å². The zero-order valence-corrected chi connectivity index (χ0v) is 12.6. The zero-order valence-electron chi connectivity index (χ0n) is 12.6. The molecule has 22 heavy (non-hydrogen) atoms. The van der Waals surface area contributed by atoms with Crippen LogP contribution in [0.3, 0.4) is 0 Å². The molecule has 5 heteroatoms. The third kappa shape index (κ3) is 4.59. The second-order valence-corrected chi connectivity index (χ2v) is 5.59. The van der Waals surface area contributed by atoms with Crippen molar-refractivity contribution in [2.75, 3.05) is 5.32 Å². The molecule has 2 rings (SSSR count). The molecule has 0 radical (unpaired) electrons. The molecule has 2 N–H and O–H groups in total. The Kier molecular flexibility index (Phi) is 5.96. The summed E-state index contributed by atoms with van der Waals surface area (Å²) in [7, 11) is 0. The van der Waals surface area contributed by atoms with Gasteiger partial charge in [-0.25, -0.2) is 0 Å². The van der Waals surface area contributed by atoms with Gasteiger partial charge in [0.2, 0.25) is 11.8 Å². The molecule has 0 bridgehead atoms. The van der Waals surface area contributed by atoms with E-state index in [-0.39, 0.29) is 24.2 Å². The van der Waals surface area contributed by atoms with Gasteiger partial charge >= 0.3 is 0 Å². The fraction of sp³-hybridized carbons (Fsp3) is 0.471. The Morgan fingerprint density at radius 2 is 1.91 bits per heavy atom. The van der Waals surface area contributed by atoms with Gasteiger partial charge in [0.1, 0.15) is 6.42 Å². The molecule has 5 nitrogen and oxygen atoms in total. The van der Waals surface area contributed by atoms with Gasteiger partial charge in [0.15, 0.2) is 0 Å². The summed E-state index contributed by atoms with van der Waals surface area (Å²) in [5, 5.41) is 14.2. The van der Waals surface area contributed by atoms with E-state index in [0.717, 1.165) is 31.2 Å². The molecule has 1 fully saturated rings. The van der Waals surface area contributed by atoms with E-state index in [1.807, 2.05) is 24.3 Å². The molecule has 116 valence electrons. The lowest BCUT2D eigenvalue weighted by atomic mass is 9.88. The van der Waals surface area contributed by atoms with E-state index in [2.05, 4.69) is 10.6 Å². The molecule has 1 aliphatic carbocycles. The monoisotopic (exact) mass is 299 g/mol. The molecule has 0 heterocycles. The number of nitrogens with zero attached hydrogens (tertiary/aromatic N) is 1. The lowest BCUT2D eigenvalue weighted by molar-refractivity contribution is -0.126. The summed E-state index contributed by atoms with van der Waals surface area (Å²) in [6, 6.07) is 9.14. The van der Waals surface area contributed by atoms with Crippen LogP contribution in [0.1, 0.15) is 44.1 Å². The largest absolute Gasteiger partial charge is 0.352 e. The highest BCUT2D eigenvalue weighted by Gasteiger charge is 2.20. The van der Waals surface area contributed by atoms with Gasteiger partial charge in [-0.05, 0) is 24.5 Å². The van der Waals surface area contributed by atoms with Crippen LogP contribution in [-0.2, 0) is 16.1 Å². The summed E-state index contributed by atoms with van der Waals surface area (Å²) in [4.78, 5) is 23.7. The molecule has 1 aliphatic rings. The van der Waals surface area contributed by atoms with Gasteiger partial charge in [-0.1, -0.05) is 37.5 Å². The summed E-state index contributed by atoms with van der Waals surface area (Å²) < 4.78 is 0. The summed E-state index contributed by atoms with van der Waals surface area (Å²) in [5.74, 6) is -0.125. The quantitative estimate of drug-likeness (QED) is 0.877. The first kappa shape index (κ1) is 16.0. The lowest BCUT2D eigenvalue weighted by Gasteiger charge is -2.21. The molecule has 0 atom stereocenters. The smallest absolute Gasteiger partial charge is 0.238 e. The van der Waals surface area contributed by atoms with Crippen LogP contribution < -0.4 is 10.6 Å². The van der Waals surface area contributed by atoms with E-state index < -0.39 is 0 Å². The van der Waals surface area contributed by atoms with Crippen LogP contribution in [-0.4, -0.2) is 11.8 Å². The molecule has 0 aliphatic heterocycles. The Hall–Kier alpha value is -2.35. The number of anilines is 1. The normalized spacial score (nSPS) is 14.9. The topological polar surface area (TPSA) is 82.0 Å². The molecule has 0 spiro atoms. The lowest BCUT2D eigenvalue weighted by Crippen LogP contribution is -2.31. The fourth-order valence-corrected chi connectivity index (χ4v) is 2.75. The van der Waals surface area contributed by atoms with E-state index in [4.69, 9.17) is 5.26 Å². The number of para-hydroxylation sites is 1. The second-order valence-electron chi connectivity index (χ2n) is 5.59. The SMILES string of the molecule is N#CCC(=O)Nc1ccccc1CNC(=O)C1CCCCC1. The standard InChI is InChI=1S/C17H21N3O2/c18-11-10-16(21)20-15-9-5-4-8-14(15)12-19-17(22)13-6-2-1-3-7-13/h4-5,8-9,13H,1-3,6-7,10,12H2,(H,19,22)(H,20,21). The first-order valence-electron chi connectivity index (χ1n) is 7.73. The number of carbonyl (C=O) groups excluding carboxylic acids is 2. The molecule has 1 aromatic carbocycles. The van der Waals surface area contributed by atoms with E-state index >= 15 is 0 Å². The number of nitriles is 1. The first-order valence-corrected chi connectivity index (χ1v) is 7.73. The van der Waals surface area contributed by atoms with Crippen LogP contribution in [0.5, 0.6) is 0 Å². The van der Waals surface area contributed by atoms with Crippen LogP contribution in [0.15, 0.2) is 24.3 Å². The minimum Gasteiger partial charge on any atom is -0.352 e. The number of hydrogen-bond acceptors (Lipinski definition) is 3. The predicted molar refractivity (Wildman–Crippen MR) is 83.7 cm³/mol. The number of hydrogen-bond donors (Lipinski definition) is 2. The maximum absolute atomic E-state index is 12.2. The Morgan fingerprint density at radius 3 is 2.64 bits per heavy atom. The first-order chi connectivity index (χ1) is 10.7. The van der Waals surface area contributed by atoms with Crippen LogP contribution in [0.2, 0.25) is 0 Å². The molecule has 0 aromatic heterocycles. The molecule has 0 saturated heterocycles. The molecule has 1 aromatic rings. The molecular formula is C17H21N3O2. The number of benzene rings is 1. The molecular weight excluding hydrogens is 278 g/mol. The number of carbonyl (C=O) groups is 2. The fourth-order valence-electron chi connectivity index (χ4n) is 2.75. The van der Waals surface area contributed by atoms with Crippen LogP contribution in [0.25, 0.3) is 0 Å². The molecule has 2 amide bonds. The van der Waals surface area contributed by atoms with Crippen LogP contribution in [0, 0.1) is 17.2 Å². The average Bonchev–Trinajstić information content (AvgIpc) is 2.55. The highest BCUT2D eigenvalue weighted by molar-refractivity contribution is 5.92. The van der Waals surface area contributed by atoms with E-state index in [1.54, 1.807) is 6.07 Å². The van der Waals surface area contributed by atoms with Crippen molar-refractivity contribution in [3.05, 3.63) is 29.8 Å². The highest BCUT2D eigenvalue weighted by Crippen LogP contribution is 2.24. The van der Waals surface area contributed by atoms with Crippen LogP contribution in [0.4, 0.5) is 5.69 Å². The van der Waals surface area contributed by atoms with Crippen molar-refractivity contribution in [1.29, 1.82) is 5.26 Å². The zero-order chi connectivity index (χ0) is 15.8. The van der Waals surface area contributed by atoms with Crippen LogP contribution >= 0.6 is 0 Å². The Balaban J connectivity index is 1.93. The average molecular weight is 299 g/mol. The molecule has 1 saturated carbocycles. The van der Waals surface area contributed by atoms with Gasteiger partial charge in [0, 0.05) is 18.2 Å². The summed E-state index contributed by atoms with van der Waals surface area (Å²) >= 11 is 0. The van der Waals surface area contributed by atoms with Crippen molar-refractivity contribution >= 4 is 17.5 Å². The van der Waals surface area contributed by atoms with Gasteiger partial charge in [-0.3, -0.25) is 9.59 Å². The second kappa shape index (κ2) is 8.18. The van der Waals surface area contributed by atoms with Crippen molar-refractivity contribution in [2.45, 2.75) is 45.1 Å². The van der Waals surface area contributed by atoms with Crippen molar-refractivity contribution in [3.63, 3.8) is 0 Å². The maximum Gasteiger partial charge on any atom is 0.238 e. The number of rotatable bonds is 5. The maximum atomic E-state index is 12.2.